The molecule has 5 N–H and O–H groups in total. The maximum absolute atomic E-state index is 13.1. The number of carbonyl (C=O) groups is 2. The summed E-state index contributed by atoms with van der Waals surface area (Å²) in [5.41, 5.74) is 7.99. The molecule has 0 spiro atoms. The Morgan fingerprint density at radius 2 is 1.85 bits per heavy atom. The molecule has 0 aliphatic rings. The highest BCUT2D eigenvalue weighted by molar-refractivity contribution is 7.18. The van der Waals surface area contributed by atoms with Gasteiger partial charge in [0.1, 0.15) is 23.2 Å². The molecule has 0 saturated carbocycles. The number of nitrogens with zero attached hydrogens (tertiary/aromatic N) is 3. The fourth-order valence-electron chi connectivity index (χ4n) is 3.19. The van der Waals surface area contributed by atoms with Crippen molar-refractivity contribution in [3.05, 3.63) is 83.0 Å². The van der Waals surface area contributed by atoms with Gasteiger partial charge in [0.05, 0.1) is 16.8 Å². The number of fused-ring (bicyclic) bond motifs is 1. The molecule has 0 unspecified atom stereocenters. The molecule has 1 amide bonds. The van der Waals surface area contributed by atoms with Crippen molar-refractivity contribution in [3.63, 3.8) is 0 Å². The zero-order valence-electron chi connectivity index (χ0n) is 17.4. The minimum Gasteiger partial charge on any atom is -0.480 e. The summed E-state index contributed by atoms with van der Waals surface area (Å²) in [6, 6.07) is 17.3. The number of nitrogens with two attached hydrogens (primary N) is 1. The van der Waals surface area contributed by atoms with E-state index in [1.807, 2.05) is 18.2 Å². The first-order valence-electron chi connectivity index (χ1n) is 9.93. The van der Waals surface area contributed by atoms with E-state index in [9.17, 15) is 14.7 Å². The van der Waals surface area contributed by atoms with Gasteiger partial charge in [-0.1, -0.05) is 6.07 Å². The molecule has 4 aromatic rings. The Kier molecular flexibility index (Phi) is 6.27. The molecule has 0 radical (unpaired) electrons. The monoisotopic (exact) mass is 460 g/mol. The van der Waals surface area contributed by atoms with E-state index in [1.54, 1.807) is 42.5 Å². The number of hydrogen-bond acceptors (Lipinski definition) is 7. The number of amides is 1. The van der Waals surface area contributed by atoms with E-state index in [0.29, 0.717) is 23.2 Å². The van der Waals surface area contributed by atoms with E-state index in [0.717, 1.165) is 20.3 Å². The van der Waals surface area contributed by atoms with E-state index in [4.69, 9.17) is 11.1 Å². The van der Waals surface area contributed by atoms with E-state index < -0.39 is 18.4 Å². The first kappa shape index (κ1) is 21.9. The summed E-state index contributed by atoms with van der Waals surface area (Å²) in [7, 11) is 0. The highest BCUT2D eigenvalue weighted by Gasteiger charge is 2.22. The fraction of sp³-hybridized carbons (Fsp3) is 0.0870. The van der Waals surface area contributed by atoms with Crippen molar-refractivity contribution in [2.75, 3.05) is 16.8 Å². The minimum atomic E-state index is -1.13. The Balaban J connectivity index is 1.52. The first-order valence-corrected chi connectivity index (χ1v) is 10.7. The van der Waals surface area contributed by atoms with Gasteiger partial charge in [0.15, 0.2) is 0 Å². The fourth-order valence-corrected chi connectivity index (χ4v) is 4.08. The Morgan fingerprint density at radius 1 is 1.09 bits per heavy atom. The number of aliphatic carboxylic acids is 1. The van der Waals surface area contributed by atoms with Crippen LogP contribution in [0.25, 0.3) is 10.2 Å². The number of carboxylic acid groups (broad SMARTS) is 1. The average molecular weight is 461 g/mol. The van der Waals surface area contributed by atoms with Crippen molar-refractivity contribution in [2.45, 2.75) is 6.54 Å². The normalized spacial score (nSPS) is 10.7. The summed E-state index contributed by atoms with van der Waals surface area (Å²) in [4.78, 5) is 34.2. The second-order valence-electron chi connectivity index (χ2n) is 7.11. The molecule has 0 atom stereocenters. The number of rotatable bonds is 8. The number of carbonyl (C=O) groups excluding carboxylic acids is 1. The number of benzene rings is 2. The van der Waals surface area contributed by atoms with Crippen LogP contribution in [0.1, 0.15) is 20.9 Å². The van der Waals surface area contributed by atoms with Gasteiger partial charge in [-0.25, -0.2) is 9.97 Å². The highest BCUT2D eigenvalue weighted by Crippen LogP contribution is 2.25. The quantitative estimate of drug-likeness (QED) is 0.233. The molecule has 2 aromatic heterocycles. The molecule has 0 saturated heterocycles. The molecule has 166 valence electrons. The summed E-state index contributed by atoms with van der Waals surface area (Å²) >= 11 is 1.50. The van der Waals surface area contributed by atoms with Crippen LogP contribution < -0.4 is 16.0 Å². The van der Waals surface area contributed by atoms with Gasteiger partial charge < -0.3 is 16.2 Å². The van der Waals surface area contributed by atoms with E-state index in [2.05, 4.69) is 15.3 Å². The van der Waals surface area contributed by atoms with Crippen LogP contribution in [0.5, 0.6) is 0 Å². The standard InChI is InChI=1S/C23H20N6O3S/c24-22(25)14-4-7-16(8-5-14)27-12-20-28-17-11-15(6-9-18(17)33-20)23(32)29(13-21(30)31)19-3-1-2-10-26-19/h1-11,27H,12-13H2,(H3,24,25)(H,30,31). The van der Waals surface area contributed by atoms with Gasteiger partial charge in [-0.15, -0.1) is 11.3 Å². The van der Waals surface area contributed by atoms with Gasteiger partial charge in [0.25, 0.3) is 5.91 Å². The molecule has 10 heteroatoms. The lowest BCUT2D eigenvalue weighted by Gasteiger charge is -2.19. The smallest absolute Gasteiger partial charge is 0.323 e. The Morgan fingerprint density at radius 3 is 2.52 bits per heavy atom. The summed E-state index contributed by atoms with van der Waals surface area (Å²) in [6.45, 7) is -0.0103. The lowest BCUT2D eigenvalue weighted by molar-refractivity contribution is -0.135. The van der Waals surface area contributed by atoms with Crippen LogP contribution >= 0.6 is 11.3 Å². The van der Waals surface area contributed by atoms with Crippen molar-refractivity contribution in [1.29, 1.82) is 5.41 Å². The molecule has 2 aromatic carbocycles. The maximum Gasteiger partial charge on any atom is 0.323 e. The first-order chi connectivity index (χ1) is 15.9. The molecule has 2 heterocycles. The highest BCUT2D eigenvalue weighted by atomic mass is 32.1. The van der Waals surface area contributed by atoms with Crippen molar-refractivity contribution < 1.29 is 14.7 Å². The van der Waals surface area contributed by atoms with Crippen LogP contribution in [-0.2, 0) is 11.3 Å². The molecule has 0 bridgehead atoms. The number of nitrogens with one attached hydrogen (secondary N) is 2. The van der Waals surface area contributed by atoms with Crippen LogP contribution in [-0.4, -0.2) is 39.3 Å². The Labute approximate surface area is 193 Å². The third-order valence-electron chi connectivity index (χ3n) is 4.78. The number of pyridine rings is 1. The Hall–Kier alpha value is -4.31. The van der Waals surface area contributed by atoms with E-state index >= 15 is 0 Å². The largest absolute Gasteiger partial charge is 0.480 e. The average Bonchev–Trinajstić information content (AvgIpc) is 3.23. The summed E-state index contributed by atoms with van der Waals surface area (Å²) in [5.74, 6) is -1.31. The maximum atomic E-state index is 13.1. The third kappa shape index (κ3) is 5.13. The molecule has 0 aliphatic carbocycles. The van der Waals surface area contributed by atoms with Crippen LogP contribution in [0.4, 0.5) is 11.5 Å². The minimum absolute atomic E-state index is 0.0167. The SMILES string of the molecule is N=C(N)c1ccc(NCc2nc3cc(C(=O)N(CC(=O)O)c4ccccn4)ccc3s2)cc1. The van der Waals surface area contributed by atoms with Gasteiger partial charge in [-0.3, -0.25) is 19.9 Å². The van der Waals surface area contributed by atoms with Gasteiger partial charge in [-0.2, -0.15) is 0 Å². The van der Waals surface area contributed by atoms with Crippen molar-refractivity contribution in [2.24, 2.45) is 5.73 Å². The number of hydrogen-bond donors (Lipinski definition) is 4. The molecule has 4 rings (SSSR count). The number of nitrogen functional groups attached to an aromatic ring is 1. The lowest BCUT2D eigenvalue weighted by Crippen LogP contribution is -2.36. The number of anilines is 2. The summed E-state index contributed by atoms with van der Waals surface area (Å²) in [6.07, 6.45) is 1.51. The van der Waals surface area contributed by atoms with Gasteiger partial charge in [0, 0.05) is 23.0 Å². The number of carboxylic acids is 1. The molecule has 0 fully saturated rings. The van der Waals surface area contributed by atoms with Crippen LogP contribution in [0.15, 0.2) is 66.9 Å². The van der Waals surface area contributed by atoms with E-state index in [1.165, 1.54) is 17.5 Å². The van der Waals surface area contributed by atoms with Crippen molar-refractivity contribution in [1.82, 2.24) is 9.97 Å². The second-order valence-corrected chi connectivity index (χ2v) is 8.22. The third-order valence-corrected chi connectivity index (χ3v) is 5.82. The molecular formula is C23H20N6O3S. The summed E-state index contributed by atoms with van der Waals surface area (Å²) < 4.78 is 0.915. The predicted molar refractivity (Wildman–Crippen MR) is 128 cm³/mol. The summed E-state index contributed by atoms with van der Waals surface area (Å²) in [5, 5.41) is 20.8. The number of aromatic nitrogens is 2. The van der Waals surface area contributed by atoms with Gasteiger partial charge in [-0.05, 0) is 54.6 Å². The topological polar surface area (TPSA) is 145 Å². The second kappa shape index (κ2) is 9.45. The zero-order valence-corrected chi connectivity index (χ0v) is 18.2. The van der Waals surface area contributed by atoms with Gasteiger partial charge >= 0.3 is 5.97 Å². The van der Waals surface area contributed by atoms with Crippen LogP contribution in [0, 0.1) is 5.41 Å². The van der Waals surface area contributed by atoms with Crippen LogP contribution in [0.2, 0.25) is 0 Å². The van der Waals surface area contributed by atoms with Crippen molar-refractivity contribution >= 4 is 50.8 Å². The number of amidine groups is 1. The predicted octanol–water partition coefficient (Wildman–Crippen LogP) is 3.32. The molecular weight excluding hydrogens is 440 g/mol. The lowest BCUT2D eigenvalue weighted by atomic mass is 10.2. The van der Waals surface area contributed by atoms with Crippen LogP contribution in [0.3, 0.4) is 0 Å². The number of thiazole rings is 1. The van der Waals surface area contributed by atoms with Gasteiger partial charge in [0.2, 0.25) is 0 Å². The Bertz CT molecular complexity index is 1320. The zero-order chi connectivity index (χ0) is 23.4. The molecule has 9 nitrogen and oxygen atoms in total. The molecule has 0 aliphatic heterocycles. The van der Waals surface area contributed by atoms with E-state index in [-0.39, 0.29) is 11.7 Å². The molecule has 33 heavy (non-hydrogen) atoms. The van der Waals surface area contributed by atoms with Crippen molar-refractivity contribution in [3.8, 4) is 0 Å².